The quantitative estimate of drug-likeness (QED) is 0.663. The summed E-state index contributed by atoms with van der Waals surface area (Å²) in [5, 5.41) is 0. The number of ether oxygens (including phenoxy) is 1. The lowest BCUT2D eigenvalue weighted by molar-refractivity contribution is -0.117. The molecular weight excluding hydrogens is 200 g/mol. The molecule has 2 nitrogen and oxygen atoms in total. The van der Waals surface area contributed by atoms with Crippen LogP contribution in [0.15, 0.2) is 23.8 Å². The fourth-order valence-electron chi connectivity index (χ4n) is 2.47. The number of carbonyl (C=O) groups excluding carboxylic acids is 1. The highest BCUT2D eigenvalue weighted by Crippen LogP contribution is 2.36. The number of hydrogen-bond donors (Lipinski definition) is 0. The van der Waals surface area contributed by atoms with Gasteiger partial charge in [0.05, 0.1) is 0 Å². The van der Waals surface area contributed by atoms with Gasteiger partial charge in [-0.1, -0.05) is 12.1 Å². The van der Waals surface area contributed by atoms with Crippen LogP contribution in [0.2, 0.25) is 0 Å². The van der Waals surface area contributed by atoms with Crippen LogP contribution in [0.3, 0.4) is 0 Å². The Balaban J connectivity index is 2.13. The fourth-order valence-corrected chi connectivity index (χ4v) is 2.47. The number of benzene rings is 1. The zero-order valence-corrected chi connectivity index (χ0v) is 9.32. The highest BCUT2D eigenvalue weighted by atomic mass is 16.5. The van der Waals surface area contributed by atoms with E-state index >= 15 is 0 Å². The summed E-state index contributed by atoms with van der Waals surface area (Å²) in [6.07, 6.45) is 4.61. The normalized spacial score (nSPS) is 22.9. The maximum absolute atomic E-state index is 11.8. The van der Waals surface area contributed by atoms with Crippen molar-refractivity contribution in [3.8, 4) is 5.75 Å². The van der Waals surface area contributed by atoms with E-state index in [0.29, 0.717) is 6.42 Å². The minimum absolute atomic E-state index is 0.00412. The lowest BCUT2D eigenvalue weighted by Gasteiger charge is -2.30. The van der Waals surface area contributed by atoms with Crippen LogP contribution >= 0.6 is 0 Å². The second-order valence-corrected chi connectivity index (χ2v) is 4.51. The third-order valence-electron chi connectivity index (χ3n) is 3.39. The van der Waals surface area contributed by atoms with Crippen LogP contribution in [-0.4, -0.2) is 11.9 Å². The molecule has 1 atom stereocenters. The van der Waals surface area contributed by atoms with Gasteiger partial charge in [-0.2, -0.15) is 0 Å². The van der Waals surface area contributed by atoms with Crippen molar-refractivity contribution >= 4 is 11.9 Å². The van der Waals surface area contributed by atoms with Gasteiger partial charge < -0.3 is 4.74 Å². The largest absolute Gasteiger partial charge is 0.485 e. The average Bonchev–Trinajstić information content (AvgIpc) is 2.28. The summed E-state index contributed by atoms with van der Waals surface area (Å²) in [6, 6.07) is 6.03. The molecule has 3 rings (SSSR count). The standard InChI is InChI=1S/C14H14O2/c1-9-4-2-6-13-10(9)8-11-12(15)5-3-7-14(11)16-13/h2,4,6,8,14H,3,5,7H2,1H3. The summed E-state index contributed by atoms with van der Waals surface area (Å²) < 4.78 is 5.90. The number of aryl methyl sites for hydroxylation is 1. The Labute approximate surface area is 94.9 Å². The van der Waals surface area contributed by atoms with Gasteiger partial charge in [-0.15, -0.1) is 0 Å². The molecule has 0 amide bonds. The average molecular weight is 214 g/mol. The van der Waals surface area contributed by atoms with Crippen LogP contribution < -0.4 is 4.74 Å². The molecule has 1 unspecified atom stereocenters. The molecular formula is C14H14O2. The number of Topliss-reactive ketones (excluding diaryl/α,β-unsaturated/α-hetero) is 1. The van der Waals surface area contributed by atoms with Crippen molar-refractivity contribution in [3.05, 3.63) is 34.9 Å². The van der Waals surface area contributed by atoms with Crippen molar-refractivity contribution in [3.63, 3.8) is 0 Å². The summed E-state index contributed by atoms with van der Waals surface area (Å²) in [6.45, 7) is 2.05. The molecule has 2 aliphatic rings. The number of ketones is 1. The minimum Gasteiger partial charge on any atom is -0.485 e. The van der Waals surface area contributed by atoms with E-state index in [0.717, 1.165) is 29.7 Å². The molecule has 0 spiro atoms. The molecule has 2 heteroatoms. The van der Waals surface area contributed by atoms with Gasteiger partial charge in [0.25, 0.3) is 0 Å². The zero-order chi connectivity index (χ0) is 11.1. The van der Waals surface area contributed by atoms with Crippen molar-refractivity contribution in [2.24, 2.45) is 0 Å². The van der Waals surface area contributed by atoms with Crippen molar-refractivity contribution in [1.29, 1.82) is 0 Å². The van der Waals surface area contributed by atoms with E-state index < -0.39 is 0 Å². The Kier molecular flexibility index (Phi) is 2.10. The minimum atomic E-state index is -0.00412. The summed E-state index contributed by atoms with van der Waals surface area (Å²) in [5.74, 6) is 1.17. The van der Waals surface area contributed by atoms with E-state index in [1.54, 1.807) is 0 Å². The number of carbonyl (C=O) groups is 1. The van der Waals surface area contributed by atoms with Gasteiger partial charge in [0, 0.05) is 17.6 Å². The van der Waals surface area contributed by atoms with Gasteiger partial charge in [0.15, 0.2) is 5.78 Å². The maximum atomic E-state index is 11.8. The van der Waals surface area contributed by atoms with Crippen LogP contribution in [0.4, 0.5) is 0 Å². The number of rotatable bonds is 0. The maximum Gasteiger partial charge on any atom is 0.162 e. The second-order valence-electron chi connectivity index (χ2n) is 4.51. The highest BCUT2D eigenvalue weighted by Gasteiger charge is 2.30. The van der Waals surface area contributed by atoms with E-state index in [9.17, 15) is 4.79 Å². The second kappa shape index (κ2) is 3.48. The predicted octanol–water partition coefficient (Wildman–Crippen LogP) is 2.89. The molecule has 1 heterocycles. The smallest absolute Gasteiger partial charge is 0.162 e. The van der Waals surface area contributed by atoms with Crippen molar-refractivity contribution < 1.29 is 9.53 Å². The molecule has 0 saturated heterocycles. The molecule has 82 valence electrons. The SMILES string of the molecule is Cc1cccc2c1C=C1C(=O)CCCC1O2. The van der Waals surface area contributed by atoms with E-state index in [1.807, 2.05) is 31.2 Å². The van der Waals surface area contributed by atoms with E-state index in [1.165, 1.54) is 5.56 Å². The van der Waals surface area contributed by atoms with Gasteiger partial charge in [0.1, 0.15) is 11.9 Å². The first-order valence-electron chi connectivity index (χ1n) is 5.77. The van der Waals surface area contributed by atoms with Crippen LogP contribution in [0, 0.1) is 6.92 Å². The topological polar surface area (TPSA) is 26.3 Å². The van der Waals surface area contributed by atoms with Gasteiger partial charge in [-0.05, 0) is 37.5 Å². The van der Waals surface area contributed by atoms with Crippen molar-refractivity contribution in [2.45, 2.75) is 32.3 Å². The number of fused-ring (bicyclic) bond motifs is 2. The van der Waals surface area contributed by atoms with Crippen LogP contribution in [-0.2, 0) is 4.79 Å². The van der Waals surface area contributed by atoms with Crippen molar-refractivity contribution in [2.75, 3.05) is 0 Å². The molecule has 0 bridgehead atoms. The molecule has 16 heavy (non-hydrogen) atoms. The zero-order valence-electron chi connectivity index (χ0n) is 9.32. The molecule has 1 aromatic carbocycles. The van der Waals surface area contributed by atoms with Crippen LogP contribution in [0.5, 0.6) is 5.75 Å². The van der Waals surface area contributed by atoms with Crippen LogP contribution in [0.25, 0.3) is 6.08 Å². The Bertz CT molecular complexity index is 486. The van der Waals surface area contributed by atoms with Gasteiger partial charge in [-0.3, -0.25) is 4.79 Å². The van der Waals surface area contributed by atoms with Crippen molar-refractivity contribution in [1.82, 2.24) is 0 Å². The third kappa shape index (κ3) is 1.37. The third-order valence-corrected chi connectivity index (χ3v) is 3.39. The van der Waals surface area contributed by atoms with Gasteiger partial charge in [0.2, 0.25) is 0 Å². The summed E-state index contributed by atoms with van der Waals surface area (Å²) in [5.41, 5.74) is 3.11. The molecule has 1 aliphatic heterocycles. The first-order valence-corrected chi connectivity index (χ1v) is 5.77. The lowest BCUT2D eigenvalue weighted by Crippen LogP contribution is -2.31. The Morgan fingerprint density at radius 3 is 3.12 bits per heavy atom. The summed E-state index contributed by atoms with van der Waals surface area (Å²) in [7, 11) is 0. The van der Waals surface area contributed by atoms with E-state index in [2.05, 4.69) is 0 Å². The van der Waals surface area contributed by atoms with E-state index in [-0.39, 0.29) is 11.9 Å². The first kappa shape index (κ1) is 9.64. The Morgan fingerprint density at radius 1 is 1.38 bits per heavy atom. The Hall–Kier alpha value is -1.57. The molecule has 1 fully saturated rings. The van der Waals surface area contributed by atoms with Gasteiger partial charge >= 0.3 is 0 Å². The predicted molar refractivity (Wildman–Crippen MR) is 62.4 cm³/mol. The molecule has 0 aromatic heterocycles. The fraction of sp³-hybridized carbons (Fsp3) is 0.357. The lowest BCUT2D eigenvalue weighted by atomic mass is 9.87. The number of hydrogen-bond acceptors (Lipinski definition) is 2. The monoisotopic (exact) mass is 214 g/mol. The van der Waals surface area contributed by atoms with Crippen LogP contribution in [0.1, 0.15) is 30.4 Å². The van der Waals surface area contributed by atoms with E-state index in [4.69, 9.17) is 4.74 Å². The molecule has 0 N–H and O–H groups in total. The molecule has 1 saturated carbocycles. The van der Waals surface area contributed by atoms with Gasteiger partial charge in [-0.25, -0.2) is 0 Å². The summed E-state index contributed by atoms with van der Waals surface area (Å²) >= 11 is 0. The first-order chi connectivity index (χ1) is 7.75. The highest BCUT2D eigenvalue weighted by molar-refractivity contribution is 6.02. The molecule has 1 aliphatic carbocycles. The molecule has 0 radical (unpaired) electrons. The molecule has 1 aromatic rings. The summed E-state index contributed by atoms with van der Waals surface area (Å²) in [4.78, 5) is 11.8. The Morgan fingerprint density at radius 2 is 2.25 bits per heavy atom.